The van der Waals surface area contributed by atoms with E-state index in [1.807, 2.05) is 28.9 Å². The molecule has 1 unspecified atom stereocenters. The van der Waals surface area contributed by atoms with Crippen LogP contribution in [0.5, 0.6) is 5.88 Å². The molecule has 0 bridgehead atoms. The number of carbonyl (C=O) groups is 1. The molecule has 28 heavy (non-hydrogen) atoms. The number of aryl methyl sites for hydroxylation is 2. The van der Waals surface area contributed by atoms with E-state index in [0.717, 1.165) is 44.3 Å². The van der Waals surface area contributed by atoms with Crippen molar-refractivity contribution in [1.29, 1.82) is 0 Å². The summed E-state index contributed by atoms with van der Waals surface area (Å²) in [5.74, 6) is 0.747. The SMILES string of the molecule is Cc1cnn(CCC(=O)N2CCC3(CC2)CC(Oc2cnccn2)CCO3)c1. The number of hydrogen-bond donors (Lipinski definition) is 0. The standard InChI is InChI=1S/C20H27N5O3/c1-16-13-23-25(15-16)8-2-19(26)24-9-4-20(5-10-24)12-17(3-11-27-20)28-18-14-21-6-7-22-18/h6-7,13-15,17H,2-5,8-12H2,1H3. The first-order chi connectivity index (χ1) is 13.6. The van der Waals surface area contributed by atoms with E-state index < -0.39 is 0 Å². The number of amides is 1. The fourth-order valence-corrected chi connectivity index (χ4v) is 4.07. The van der Waals surface area contributed by atoms with Crippen molar-refractivity contribution in [2.75, 3.05) is 19.7 Å². The molecule has 1 spiro atoms. The molecule has 4 heterocycles. The third-order valence-corrected chi connectivity index (χ3v) is 5.62. The maximum absolute atomic E-state index is 12.6. The molecule has 0 saturated carbocycles. The predicted octanol–water partition coefficient (Wildman–Crippen LogP) is 1.99. The predicted molar refractivity (Wildman–Crippen MR) is 102 cm³/mol. The zero-order chi connectivity index (χ0) is 19.4. The largest absolute Gasteiger partial charge is 0.473 e. The highest BCUT2D eigenvalue weighted by Crippen LogP contribution is 2.36. The normalized spacial score (nSPS) is 21.6. The van der Waals surface area contributed by atoms with Gasteiger partial charge in [-0.05, 0) is 25.3 Å². The lowest BCUT2D eigenvalue weighted by atomic mass is 9.83. The summed E-state index contributed by atoms with van der Waals surface area (Å²) in [6.07, 6.45) is 12.6. The molecule has 2 aliphatic rings. The molecule has 8 heteroatoms. The molecule has 0 aliphatic carbocycles. The number of carbonyl (C=O) groups excluding carboxylic acids is 1. The molecule has 0 aromatic carbocycles. The molecule has 2 saturated heterocycles. The molecule has 2 aromatic heterocycles. The summed E-state index contributed by atoms with van der Waals surface area (Å²) >= 11 is 0. The van der Waals surface area contributed by atoms with Crippen molar-refractivity contribution >= 4 is 5.91 Å². The highest BCUT2D eigenvalue weighted by Gasteiger charge is 2.42. The first kappa shape index (κ1) is 18.9. The number of rotatable bonds is 5. The lowest BCUT2D eigenvalue weighted by Gasteiger charge is -2.45. The van der Waals surface area contributed by atoms with Gasteiger partial charge in [-0.1, -0.05) is 0 Å². The smallest absolute Gasteiger partial charge is 0.232 e. The molecule has 2 fully saturated rings. The first-order valence-corrected chi connectivity index (χ1v) is 9.95. The van der Waals surface area contributed by atoms with Crippen molar-refractivity contribution in [2.45, 2.75) is 57.3 Å². The molecule has 2 aliphatic heterocycles. The van der Waals surface area contributed by atoms with Crippen molar-refractivity contribution in [2.24, 2.45) is 0 Å². The third-order valence-electron chi connectivity index (χ3n) is 5.62. The summed E-state index contributed by atoms with van der Waals surface area (Å²) < 4.78 is 14.0. The summed E-state index contributed by atoms with van der Waals surface area (Å²) in [6, 6.07) is 0. The van der Waals surface area contributed by atoms with Crippen molar-refractivity contribution in [3.8, 4) is 5.88 Å². The van der Waals surface area contributed by atoms with Crippen LogP contribution >= 0.6 is 0 Å². The maximum Gasteiger partial charge on any atom is 0.232 e. The lowest BCUT2D eigenvalue weighted by Crippen LogP contribution is -2.52. The van der Waals surface area contributed by atoms with Gasteiger partial charge >= 0.3 is 0 Å². The van der Waals surface area contributed by atoms with Crippen LogP contribution in [0.4, 0.5) is 0 Å². The van der Waals surface area contributed by atoms with Crippen LogP contribution in [0.2, 0.25) is 0 Å². The van der Waals surface area contributed by atoms with Crippen LogP contribution < -0.4 is 4.74 Å². The van der Waals surface area contributed by atoms with Gasteiger partial charge in [0.05, 0.1) is 24.6 Å². The monoisotopic (exact) mass is 385 g/mol. The first-order valence-electron chi connectivity index (χ1n) is 9.95. The van der Waals surface area contributed by atoms with E-state index in [2.05, 4.69) is 15.1 Å². The van der Waals surface area contributed by atoms with Crippen LogP contribution in [0.25, 0.3) is 0 Å². The van der Waals surface area contributed by atoms with Gasteiger partial charge in [0, 0.05) is 57.5 Å². The fraction of sp³-hybridized carbons (Fsp3) is 0.600. The number of piperidine rings is 1. The van der Waals surface area contributed by atoms with Gasteiger partial charge in [-0.25, -0.2) is 4.98 Å². The van der Waals surface area contributed by atoms with E-state index >= 15 is 0 Å². The molecular weight excluding hydrogens is 358 g/mol. The number of likely N-dealkylation sites (tertiary alicyclic amines) is 1. The number of nitrogens with zero attached hydrogens (tertiary/aromatic N) is 5. The minimum Gasteiger partial charge on any atom is -0.473 e. The zero-order valence-electron chi connectivity index (χ0n) is 16.3. The van der Waals surface area contributed by atoms with E-state index in [1.165, 1.54) is 0 Å². The molecule has 1 amide bonds. The maximum atomic E-state index is 12.6. The van der Waals surface area contributed by atoms with Gasteiger partial charge in [-0.15, -0.1) is 0 Å². The van der Waals surface area contributed by atoms with Gasteiger partial charge in [-0.3, -0.25) is 14.5 Å². The van der Waals surface area contributed by atoms with Crippen molar-refractivity contribution in [3.63, 3.8) is 0 Å². The number of aromatic nitrogens is 4. The molecule has 4 rings (SSSR count). The molecule has 0 radical (unpaired) electrons. The fourth-order valence-electron chi connectivity index (χ4n) is 4.07. The Kier molecular flexibility index (Phi) is 5.57. The van der Waals surface area contributed by atoms with Crippen LogP contribution in [0.15, 0.2) is 31.0 Å². The highest BCUT2D eigenvalue weighted by atomic mass is 16.5. The Morgan fingerprint density at radius 2 is 2.18 bits per heavy atom. The molecule has 1 atom stereocenters. The van der Waals surface area contributed by atoms with Crippen LogP contribution in [-0.2, 0) is 16.1 Å². The molecule has 8 nitrogen and oxygen atoms in total. The van der Waals surface area contributed by atoms with E-state index in [1.54, 1.807) is 18.6 Å². The number of ether oxygens (including phenoxy) is 2. The van der Waals surface area contributed by atoms with E-state index in [0.29, 0.717) is 25.5 Å². The summed E-state index contributed by atoms with van der Waals surface area (Å²) in [4.78, 5) is 22.8. The highest BCUT2D eigenvalue weighted by molar-refractivity contribution is 5.76. The molecule has 0 N–H and O–H groups in total. The van der Waals surface area contributed by atoms with Gasteiger partial charge in [0.15, 0.2) is 0 Å². The Labute approximate surface area is 164 Å². The Morgan fingerprint density at radius 3 is 2.89 bits per heavy atom. The van der Waals surface area contributed by atoms with Gasteiger partial charge in [0.25, 0.3) is 0 Å². The van der Waals surface area contributed by atoms with E-state index in [9.17, 15) is 4.79 Å². The Hall–Kier alpha value is -2.48. The van der Waals surface area contributed by atoms with E-state index in [-0.39, 0.29) is 17.6 Å². The summed E-state index contributed by atoms with van der Waals surface area (Å²) in [6.45, 7) is 4.76. The van der Waals surface area contributed by atoms with Gasteiger partial charge in [-0.2, -0.15) is 5.10 Å². The second kappa shape index (κ2) is 8.26. The average molecular weight is 385 g/mol. The number of hydrogen-bond acceptors (Lipinski definition) is 6. The van der Waals surface area contributed by atoms with Crippen LogP contribution in [0.1, 0.15) is 37.7 Å². The zero-order valence-corrected chi connectivity index (χ0v) is 16.3. The van der Waals surface area contributed by atoms with Crippen molar-refractivity contribution in [3.05, 3.63) is 36.5 Å². The minimum atomic E-state index is -0.193. The summed E-state index contributed by atoms with van der Waals surface area (Å²) in [5.41, 5.74) is 0.918. The summed E-state index contributed by atoms with van der Waals surface area (Å²) in [5, 5.41) is 4.25. The quantitative estimate of drug-likeness (QED) is 0.783. The van der Waals surface area contributed by atoms with Gasteiger partial charge in [0.1, 0.15) is 6.10 Å². The average Bonchev–Trinajstić information content (AvgIpc) is 3.13. The Bertz CT molecular complexity index is 786. The van der Waals surface area contributed by atoms with Crippen LogP contribution in [0, 0.1) is 6.92 Å². The Balaban J connectivity index is 1.27. The molecular formula is C20H27N5O3. The van der Waals surface area contributed by atoms with Gasteiger partial charge < -0.3 is 14.4 Å². The van der Waals surface area contributed by atoms with Crippen molar-refractivity contribution in [1.82, 2.24) is 24.6 Å². The van der Waals surface area contributed by atoms with Crippen molar-refractivity contribution < 1.29 is 14.3 Å². The second-order valence-corrected chi connectivity index (χ2v) is 7.72. The molecule has 2 aromatic rings. The Morgan fingerprint density at radius 1 is 1.32 bits per heavy atom. The minimum absolute atomic E-state index is 0.0794. The molecule has 150 valence electrons. The van der Waals surface area contributed by atoms with E-state index in [4.69, 9.17) is 9.47 Å². The van der Waals surface area contributed by atoms with Gasteiger partial charge in [0.2, 0.25) is 11.8 Å². The summed E-state index contributed by atoms with van der Waals surface area (Å²) in [7, 11) is 0. The lowest BCUT2D eigenvalue weighted by molar-refractivity contribution is -0.151. The van der Waals surface area contributed by atoms with Crippen LogP contribution in [-0.4, -0.2) is 62.0 Å². The third kappa shape index (κ3) is 4.49. The topological polar surface area (TPSA) is 82.4 Å². The van der Waals surface area contributed by atoms with Crippen LogP contribution in [0.3, 0.4) is 0 Å². The second-order valence-electron chi connectivity index (χ2n) is 7.72.